The molecule has 0 spiro atoms. The minimum Gasteiger partial charge on any atom is -0.397 e. The highest BCUT2D eigenvalue weighted by atomic mass is 19.4. The Balaban J connectivity index is 1.83. The van der Waals surface area contributed by atoms with Gasteiger partial charge in [0.25, 0.3) is 0 Å². The summed E-state index contributed by atoms with van der Waals surface area (Å²) in [7, 11) is 0. The molecule has 0 fully saturated rings. The minimum atomic E-state index is -4.71. The molecule has 34 heavy (non-hydrogen) atoms. The van der Waals surface area contributed by atoms with Crippen LogP contribution in [-0.2, 0) is 12.4 Å². The number of nitrogens with zero attached hydrogens (tertiary/aromatic N) is 6. The second-order valence-corrected chi connectivity index (χ2v) is 6.73. The van der Waals surface area contributed by atoms with Crippen molar-refractivity contribution in [1.82, 2.24) is 29.9 Å². The van der Waals surface area contributed by atoms with Crippen LogP contribution in [0.4, 0.5) is 43.7 Å². The molecule has 0 saturated heterocycles. The molecule has 4 aromatic heterocycles. The van der Waals surface area contributed by atoms with Crippen molar-refractivity contribution in [2.24, 2.45) is 0 Å². The van der Waals surface area contributed by atoms with Gasteiger partial charge in [-0.05, 0) is 30.3 Å². The van der Waals surface area contributed by atoms with Crippen LogP contribution < -0.4 is 11.1 Å². The van der Waals surface area contributed by atoms with E-state index in [4.69, 9.17) is 5.73 Å². The van der Waals surface area contributed by atoms with Gasteiger partial charge in [-0.15, -0.1) is 0 Å². The Morgan fingerprint density at radius 1 is 0.765 bits per heavy atom. The average molecular weight is 478 g/mol. The van der Waals surface area contributed by atoms with Crippen LogP contribution in [0, 0.1) is 0 Å². The van der Waals surface area contributed by atoms with E-state index in [0.29, 0.717) is 0 Å². The summed E-state index contributed by atoms with van der Waals surface area (Å²) in [6.45, 7) is 0. The molecule has 0 aliphatic heterocycles. The van der Waals surface area contributed by atoms with E-state index in [2.05, 4.69) is 35.2 Å². The summed E-state index contributed by atoms with van der Waals surface area (Å²) in [5.41, 5.74) is 3.71. The van der Waals surface area contributed by atoms with Crippen molar-refractivity contribution in [3.05, 3.63) is 66.4 Å². The molecule has 0 aromatic carbocycles. The van der Waals surface area contributed by atoms with Crippen molar-refractivity contribution >= 4 is 17.3 Å². The Morgan fingerprint density at radius 3 is 2.21 bits per heavy atom. The largest absolute Gasteiger partial charge is 0.433 e. The molecule has 4 aromatic rings. The summed E-state index contributed by atoms with van der Waals surface area (Å²) < 4.78 is 78.4. The van der Waals surface area contributed by atoms with E-state index in [0.717, 1.165) is 24.4 Å². The van der Waals surface area contributed by atoms with Gasteiger partial charge in [-0.2, -0.15) is 36.3 Å². The molecular weight excluding hydrogens is 466 g/mol. The summed E-state index contributed by atoms with van der Waals surface area (Å²) in [5.74, 6) is -0.577. The molecule has 0 unspecified atom stereocenters. The van der Waals surface area contributed by atoms with Gasteiger partial charge in [0, 0.05) is 23.6 Å². The van der Waals surface area contributed by atoms with Gasteiger partial charge in [0.2, 0.25) is 5.95 Å². The van der Waals surface area contributed by atoms with Gasteiger partial charge in [-0.3, -0.25) is 9.97 Å². The molecule has 0 saturated carbocycles. The van der Waals surface area contributed by atoms with Crippen LogP contribution in [0.5, 0.6) is 0 Å². The highest BCUT2D eigenvalue weighted by Gasteiger charge is 2.33. The standard InChI is InChI=1S/C20H12F6N8/c21-19(22,23)14-3-1-2-13(31-14)17-32-16(11-5-6-28-9-12(11)27)33-18(34-17)30-10-4-7-29-15(8-10)20(24,25)26/h1-9H,27H2,(H,29,30,32,33,34). The van der Waals surface area contributed by atoms with E-state index in [1.54, 1.807) is 0 Å². The number of halogens is 6. The van der Waals surface area contributed by atoms with E-state index in [1.165, 1.54) is 30.6 Å². The van der Waals surface area contributed by atoms with Gasteiger partial charge >= 0.3 is 12.4 Å². The third kappa shape index (κ3) is 5.00. The number of hydrogen-bond donors (Lipinski definition) is 2. The second kappa shape index (κ2) is 8.53. The fraction of sp³-hybridized carbons (Fsp3) is 0.100. The molecule has 0 radical (unpaired) electrons. The van der Waals surface area contributed by atoms with Crippen LogP contribution in [-0.4, -0.2) is 29.9 Å². The monoisotopic (exact) mass is 478 g/mol. The Bertz CT molecular complexity index is 1340. The number of nitrogen functional groups attached to an aromatic ring is 1. The molecule has 0 aliphatic rings. The van der Waals surface area contributed by atoms with Crippen LogP contribution in [0.25, 0.3) is 22.9 Å². The van der Waals surface area contributed by atoms with Gasteiger partial charge in [0.05, 0.1) is 11.9 Å². The molecule has 4 heterocycles. The van der Waals surface area contributed by atoms with Gasteiger partial charge < -0.3 is 11.1 Å². The average Bonchev–Trinajstić information content (AvgIpc) is 2.78. The molecule has 0 aliphatic carbocycles. The molecule has 0 atom stereocenters. The maximum atomic E-state index is 13.1. The van der Waals surface area contributed by atoms with Crippen LogP contribution in [0.2, 0.25) is 0 Å². The smallest absolute Gasteiger partial charge is 0.397 e. The van der Waals surface area contributed by atoms with Gasteiger partial charge in [-0.1, -0.05) is 6.07 Å². The van der Waals surface area contributed by atoms with E-state index < -0.39 is 23.7 Å². The van der Waals surface area contributed by atoms with Crippen LogP contribution in [0.1, 0.15) is 11.4 Å². The first-order chi connectivity index (χ1) is 16.0. The second-order valence-electron chi connectivity index (χ2n) is 6.73. The number of anilines is 3. The first kappa shape index (κ1) is 22.8. The number of hydrogen-bond acceptors (Lipinski definition) is 8. The lowest BCUT2D eigenvalue weighted by atomic mass is 10.2. The predicted molar refractivity (Wildman–Crippen MR) is 108 cm³/mol. The number of rotatable bonds is 4. The van der Waals surface area contributed by atoms with Crippen LogP contribution in [0.15, 0.2) is 55.0 Å². The summed E-state index contributed by atoms with van der Waals surface area (Å²) in [6, 6.07) is 6.59. The number of pyridine rings is 3. The lowest BCUT2D eigenvalue weighted by Crippen LogP contribution is -2.10. The predicted octanol–water partition coefficient (Wildman–Crippen LogP) is 4.75. The quantitative estimate of drug-likeness (QED) is 0.404. The van der Waals surface area contributed by atoms with Crippen LogP contribution in [0.3, 0.4) is 0 Å². The maximum Gasteiger partial charge on any atom is 0.433 e. The molecule has 14 heteroatoms. The van der Waals surface area contributed by atoms with E-state index in [9.17, 15) is 26.3 Å². The third-order valence-corrected chi connectivity index (χ3v) is 4.30. The zero-order chi connectivity index (χ0) is 24.5. The van der Waals surface area contributed by atoms with E-state index in [1.807, 2.05) is 0 Å². The highest BCUT2D eigenvalue weighted by molar-refractivity contribution is 5.72. The van der Waals surface area contributed by atoms with E-state index in [-0.39, 0.29) is 40.2 Å². The Morgan fingerprint density at radius 2 is 1.50 bits per heavy atom. The van der Waals surface area contributed by atoms with Crippen molar-refractivity contribution in [2.75, 3.05) is 11.1 Å². The fourth-order valence-electron chi connectivity index (χ4n) is 2.79. The Hall–Kier alpha value is -4.36. The number of nitrogens with one attached hydrogen (secondary N) is 1. The highest BCUT2D eigenvalue weighted by Crippen LogP contribution is 2.31. The third-order valence-electron chi connectivity index (χ3n) is 4.30. The fourth-order valence-corrected chi connectivity index (χ4v) is 2.79. The minimum absolute atomic E-state index is 0.0586. The normalized spacial score (nSPS) is 11.9. The molecule has 0 amide bonds. The van der Waals surface area contributed by atoms with Gasteiger partial charge in [-0.25, -0.2) is 9.97 Å². The lowest BCUT2D eigenvalue weighted by Gasteiger charge is -2.12. The van der Waals surface area contributed by atoms with Crippen molar-refractivity contribution in [3.63, 3.8) is 0 Å². The number of nitrogens with two attached hydrogens (primary N) is 1. The maximum absolute atomic E-state index is 13.1. The molecular formula is C20H12F6N8. The van der Waals surface area contributed by atoms with Crippen molar-refractivity contribution in [3.8, 4) is 22.9 Å². The van der Waals surface area contributed by atoms with Gasteiger partial charge in [0.1, 0.15) is 17.1 Å². The first-order valence-electron chi connectivity index (χ1n) is 9.31. The molecule has 3 N–H and O–H groups in total. The molecule has 4 rings (SSSR count). The summed E-state index contributed by atoms with van der Waals surface area (Å²) in [6.07, 6.45) is -5.77. The van der Waals surface area contributed by atoms with Gasteiger partial charge in [0.15, 0.2) is 11.6 Å². The Kier molecular flexibility index (Phi) is 5.73. The zero-order valence-corrected chi connectivity index (χ0v) is 16.7. The van der Waals surface area contributed by atoms with Crippen LogP contribution >= 0.6 is 0 Å². The van der Waals surface area contributed by atoms with Crippen molar-refractivity contribution < 1.29 is 26.3 Å². The first-order valence-corrected chi connectivity index (χ1v) is 9.31. The summed E-state index contributed by atoms with van der Waals surface area (Å²) >= 11 is 0. The SMILES string of the molecule is Nc1cnccc1-c1nc(Nc2ccnc(C(F)(F)F)c2)nc(-c2cccc(C(F)(F)F)n2)n1. The summed E-state index contributed by atoms with van der Waals surface area (Å²) in [4.78, 5) is 23.0. The molecule has 0 bridgehead atoms. The van der Waals surface area contributed by atoms with Crippen molar-refractivity contribution in [1.29, 1.82) is 0 Å². The molecule has 8 nitrogen and oxygen atoms in total. The molecule has 174 valence electrons. The number of alkyl halides is 6. The zero-order valence-electron chi connectivity index (χ0n) is 16.7. The van der Waals surface area contributed by atoms with E-state index >= 15 is 0 Å². The Labute approximate surface area is 187 Å². The summed E-state index contributed by atoms with van der Waals surface area (Å²) in [5, 5.41) is 2.59. The number of aromatic nitrogens is 6. The topological polar surface area (TPSA) is 115 Å². The van der Waals surface area contributed by atoms with Crippen molar-refractivity contribution in [2.45, 2.75) is 12.4 Å². The lowest BCUT2D eigenvalue weighted by molar-refractivity contribution is -0.141.